The second kappa shape index (κ2) is 9.73. The minimum Gasteiger partial charge on any atom is -0.386 e. The molecule has 0 aliphatic rings. The van der Waals surface area contributed by atoms with Gasteiger partial charge in [0.15, 0.2) is 0 Å². The third kappa shape index (κ3) is 10.3. The van der Waals surface area contributed by atoms with Gasteiger partial charge in [0, 0.05) is 12.3 Å². The van der Waals surface area contributed by atoms with Crippen LogP contribution >= 0.6 is 0 Å². The van der Waals surface area contributed by atoms with Crippen molar-refractivity contribution in [2.45, 2.75) is 72.3 Å². The van der Waals surface area contributed by atoms with Gasteiger partial charge in [0.2, 0.25) is 0 Å². The number of hydrogen-bond donors (Lipinski definition) is 1. The zero-order valence-electron chi connectivity index (χ0n) is 14.4. The largest absolute Gasteiger partial charge is 0.386 e. The molecule has 0 radical (unpaired) electrons. The number of ketones is 1. The van der Waals surface area contributed by atoms with E-state index in [2.05, 4.69) is 25.7 Å². The molecule has 2 nitrogen and oxygen atoms in total. The van der Waals surface area contributed by atoms with E-state index in [1.807, 2.05) is 20.8 Å². The normalized spacial score (nSPS) is 16.0. The second-order valence-corrected chi connectivity index (χ2v) is 6.54. The Labute approximate surface area is 130 Å². The van der Waals surface area contributed by atoms with Crippen LogP contribution in [0.5, 0.6) is 0 Å². The Hall–Kier alpha value is -1.15. The molecule has 0 aliphatic heterocycles. The van der Waals surface area contributed by atoms with Gasteiger partial charge in [-0.05, 0) is 46.5 Å². The van der Waals surface area contributed by atoms with Crippen molar-refractivity contribution in [1.29, 1.82) is 0 Å². The van der Waals surface area contributed by atoms with Gasteiger partial charge in [-0.2, -0.15) is 0 Å². The standard InChI is InChI=1S/C19H32O2/c1-7-19(6,21)13-9-12-16(4)10-8-11-17(5)14-18(20)15(2)3/h7,11-12,15,21H,1,8-10,13-14H2,2-6H3. The van der Waals surface area contributed by atoms with Gasteiger partial charge in [0.1, 0.15) is 5.78 Å². The lowest BCUT2D eigenvalue weighted by Gasteiger charge is -2.16. The molecule has 2 heteroatoms. The van der Waals surface area contributed by atoms with E-state index < -0.39 is 5.60 Å². The zero-order chi connectivity index (χ0) is 16.5. The lowest BCUT2D eigenvalue weighted by atomic mass is 9.98. The molecule has 0 amide bonds. The Morgan fingerprint density at radius 1 is 1.19 bits per heavy atom. The number of aliphatic hydroxyl groups is 1. The molecule has 1 unspecified atom stereocenters. The van der Waals surface area contributed by atoms with Crippen LogP contribution in [0.25, 0.3) is 0 Å². The molecule has 0 bridgehead atoms. The summed E-state index contributed by atoms with van der Waals surface area (Å²) < 4.78 is 0. The number of carbonyl (C=O) groups excluding carboxylic acids is 1. The molecule has 120 valence electrons. The second-order valence-electron chi connectivity index (χ2n) is 6.54. The van der Waals surface area contributed by atoms with Crippen LogP contribution in [0.4, 0.5) is 0 Å². The smallest absolute Gasteiger partial charge is 0.139 e. The molecule has 0 saturated carbocycles. The third-order valence-electron chi connectivity index (χ3n) is 3.71. The third-order valence-corrected chi connectivity index (χ3v) is 3.71. The number of Topliss-reactive ketones (excluding diaryl/α,β-unsaturated/α-hetero) is 1. The summed E-state index contributed by atoms with van der Waals surface area (Å²) in [6.45, 7) is 13.4. The first kappa shape index (κ1) is 19.9. The number of carbonyl (C=O) groups is 1. The van der Waals surface area contributed by atoms with E-state index in [0.717, 1.165) is 24.8 Å². The highest BCUT2D eigenvalue weighted by atomic mass is 16.3. The van der Waals surface area contributed by atoms with Crippen molar-refractivity contribution in [2.24, 2.45) is 5.92 Å². The maximum absolute atomic E-state index is 11.6. The highest BCUT2D eigenvalue weighted by Crippen LogP contribution is 2.16. The van der Waals surface area contributed by atoms with Gasteiger partial charge >= 0.3 is 0 Å². The maximum Gasteiger partial charge on any atom is 0.139 e. The molecule has 1 N–H and O–H groups in total. The fraction of sp³-hybridized carbons (Fsp3) is 0.632. The summed E-state index contributed by atoms with van der Waals surface area (Å²) in [6.07, 6.45) is 10.0. The van der Waals surface area contributed by atoms with Crippen LogP contribution in [0.15, 0.2) is 36.0 Å². The SMILES string of the molecule is C=CC(C)(O)CCC=C(C)CCC=C(C)CC(=O)C(C)C. The van der Waals surface area contributed by atoms with Crippen molar-refractivity contribution in [3.8, 4) is 0 Å². The van der Waals surface area contributed by atoms with Crippen LogP contribution in [0, 0.1) is 5.92 Å². The van der Waals surface area contributed by atoms with Crippen LogP contribution in [-0.4, -0.2) is 16.5 Å². The molecular formula is C19H32O2. The van der Waals surface area contributed by atoms with Crippen LogP contribution in [-0.2, 0) is 4.79 Å². The zero-order valence-corrected chi connectivity index (χ0v) is 14.4. The molecular weight excluding hydrogens is 260 g/mol. The predicted octanol–water partition coefficient (Wildman–Crippen LogP) is 4.99. The first-order valence-corrected chi connectivity index (χ1v) is 7.88. The van der Waals surface area contributed by atoms with Gasteiger partial charge in [-0.1, -0.05) is 43.2 Å². The summed E-state index contributed by atoms with van der Waals surface area (Å²) >= 11 is 0. The molecule has 0 rings (SSSR count). The van der Waals surface area contributed by atoms with E-state index in [1.54, 1.807) is 13.0 Å². The van der Waals surface area contributed by atoms with Gasteiger partial charge in [0.05, 0.1) is 5.60 Å². The fourth-order valence-electron chi connectivity index (χ4n) is 1.91. The summed E-state index contributed by atoms with van der Waals surface area (Å²) in [4.78, 5) is 11.6. The van der Waals surface area contributed by atoms with E-state index in [-0.39, 0.29) is 5.92 Å². The monoisotopic (exact) mass is 292 g/mol. The minimum atomic E-state index is -0.773. The first-order chi connectivity index (χ1) is 9.68. The Balaban J connectivity index is 4.10. The van der Waals surface area contributed by atoms with Gasteiger partial charge < -0.3 is 5.11 Å². The minimum absolute atomic E-state index is 0.118. The van der Waals surface area contributed by atoms with Crippen molar-refractivity contribution in [2.75, 3.05) is 0 Å². The number of hydrogen-bond acceptors (Lipinski definition) is 2. The lowest BCUT2D eigenvalue weighted by molar-refractivity contribution is -0.121. The summed E-state index contributed by atoms with van der Waals surface area (Å²) in [6, 6.07) is 0. The van der Waals surface area contributed by atoms with Crippen molar-refractivity contribution >= 4 is 5.78 Å². The molecule has 0 fully saturated rings. The molecule has 1 atom stereocenters. The topological polar surface area (TPSA) is 37.3 Å². The summed E-state index contributed by atoms with van der Waals surface area (Å²) in [7, 11) is 0. The van der Waals surface area contributed by atoms with Crippen LogP contribution in [0.2, 0.25) is 0 Å². The van der Waals surface area contributed by atoms with E-state index in [1.165, 1.54) is 5.57 Å². The Morgan fingerprint density at radius 3 is 2.29 bits per heavy atom. The van der Waals surface area contributed by atoms with Crippen LogP contribution < -0.4 is 0 Å². The van der Waals surface area contributed by atoms with Gasteiger partial charge in [-0.15, -0.1) is 6.58 Å². The van der Waals surface area contributed by atoms with E-state index in [4.69, 9.17) is 0 Å². The Morgan fingerprint density at radius 2 is 1.76 bits per heavy atom. The highest BCUT2D eigenvalue weighted by molar-refractivity contribution is 5.82. The van der Waals surface area contributed by atoms with E-state index in [0.29, 0.717) is 18.6 Å². The first-order valence-electron chi connectivity index (χ1n) is 7.88. The van der Waals surface area contributed by atoms with Gasteiger partial charge in [-0.3, -0.25) is 4.79 Å². The van der Waals surface area contributed by atoms with Crippen LogP contribution in [0.1, 0.15) is 66.7 Å². The van der Waals surface area contributed by atoms with Crippen molar-refractivity contribution < 1.29 is 9.90 Å². The number of allylic oxidation sites excluding steroid dienone is 4. The molecule has 21 heavy (non-hydrogen) atoms. The molecule has 0 aromatic rings. The Bertz CT molecular complexity index is 398. The summed E-state index contributed by atoms with van der Waals surface area (Å²) in [5, 5.41) is 9.82. The summed E-state index contributed by atoms with van der Waals surface area (Å²) in [5.41, 5.74) is 1.72. The molecule has 0 aromatic heterocycles. The Kier molecular flexibility index (Phi) is 9.19. The van der Waals surface area contributed by atoms with E-state index in [9.17, 15) is 9.90 Å². The average molecular weight is 292 g/mol. The summed E-state index contributed by atoms with van der Waals surface area (Å²) in [5.74, 6) is 0.426. The maximum atomic E-state index is 11.6. The lowest BCUT2D eigenvalue weighted by Crippen LogP contribution is -2.19. The quantitative estimate of drug-likeness (QED) is 0.576. The highest BCUT2D eigenvalue weighted by Gasteiger charge is 2.13. The van der Waals surface area contributed by atoms with Crippen molar-refractivity contribution in [3.05, 3.63) is 36.0 Å². The number of rotatable bonds is 10. The van der Waals surface area contributed by atoms with Gasteiger partial charge in [0.25, 0.3) is 0 Å². The molecule has 0 saturated heterocycles. The fourth-order valence-corrected chi connectivity index (χ4v) is 1.91. The average Bonchev–Trinajstić information content (AvgIpc) is 2.38. The predicted molar refractivity (Wildman–Crippen MR) is 91.3 cm³/mol. The molecule has 0 heterocycles. The van der Waals surface area contributed by atoms with Crippen molar-refractivity contribution in [3.63, 3.8) is 0 Å². The molecule has 0 aliphatic carbocycles. The van der Waals surface area contributed by atoms with Crippen molar-refractivity contribution in [1.82, 2.24) is 0 Å². The van der Waals surface area contributed by atoms with Crippen LogP contribution in [0.3, 0.4) is 0 Å². The van der Waals surface area contributed by atoms with Gasteiger partial charge in [-0.25, -0.2) is 0 Å². The van der Waals surface area contributed by atoms with E-state index >= 15 is 0 Å². The molecule has 0 spiro atoms. The molecule has 0 aromatic carbocycles.